The number of anilines is 3. The molecule has 15 aromatic rings. The Labute approximate surface area is 416 Å². The molecule has 1 aliphatic heterocycles. The highest BCUT2D eigenvalue weighted by Crippen LogP contribution is 2.53. The molecule has 0 saturated carbocycles. The van der Waals surface area contributed by atoms with Gasteiger partial charge < -0.3 is 22.9 Å². The molecular weight excluding hydrogens is 901 g/mol. The number of hydrogen-bond acceptors (Lipinski definition) is 5. The molecule has 0 radical (unpaired) electrons. The minimum absolute atomic E-state index is 0.852. The number of para-hydroxylation sites is 6. The largest absolute Gasteiger partial charge is 0.456 e. The molecule has 0 atom stereocenters. The Morgan fingerprint density at radius 2 is 0.903 bits per heavy atom. The third-order valence-corrected chi connectivity index (χ3v) is 15.8. The predicted octanol–water partition coefficient (Wildman–Crippen LogP) is 18.3. The van der Waals surface area contributed by atoms with Crippen LogP contribution in [0.15, 0.2) is 249 Å². The van der Waals surface area contributed by atoms with E-state index in [0.29, 0.717) is 0 Å². The predicted molar refractivity (Wildman–Crippen MR) is 297 cm³/mol. The zero-order valence-corrected chi connectivity index (χ0v) is 39.3. The highest BCUT2D eigenvalue weighted by atomic mass is 32.2. The second kappa shape index (κ2) is 15.1. The third kappa shape index (κ3) is 5.77. The Bertz CT molecular complexity index is 4620. The van der Waals surface area contributed by atoms with Crippen LogP contribution in [0.1, 0.15) is 0 Å². The first-order valence-corrected chi connectivity index (χ1v) is 25.1. The first kappa shape index (κ1) is 39.5. The highest BCUT2D eigenvalue weighted by Gasteiger charge is 2.27. The summed E-state index contributed by atoms with van der Waals surface area (Å²) < 4.78 is 17.6. The molecule has 16 rings (SSSR count). The second-order valence-electron chi connectivity index (χ2n) is 18.7. The topological polar surface area (TPSA) is 52.3 Å². The molecule has 0 N–H and O–H groups in total. The first-order chi connectivity index (χ1) is 35.7. The van der Waals surface area contributed by atoms with Gasteiger partial charge in [0.05, 0.1) is 50.5 Å². The van der Waals surface area contributed by atoms with E-state index in [0.717, 1.165) is 106 Å². The van der Waals surface area contributed by atoms with Crippen molar-refractivity contribution in [2.24, 2.45) is 0 Å². The van der Waals surface area contributed by atoms with Crippen LogP contribution in [0, 0.1) is 0 Å². The molecule has 5 aromatic heterocycles. The summed E-state index contributed by atoms with van der Waals surface area (Å²) in [6.07, 6.45) is 0. The van der Waals surface area contributed by atoms with Crippen LogP contribution < -0.4 is 4.90 Å². The number of fused-ring (bicyclic) bond motifs is 15. The maximum Gasteiger partial charge on any atom is 0.135 e. The van der Waals surface area contributed by atoms with E-state index < -0.39 is 0 Å². The molecule has 6 nitrogen and oxygen atoms in total. The van der Waals surface area contributed by atoms with Crippen LogP contribution in [0.5, 0.6) is 0 Å². The van der Waals surface area contributed by atoms with Gasteiger partial charge in [0.15, 0.2) is 0 Å². The van der Waals surface area contributed by atoms with Crippen LogP contribution in [0.3, 0.4) is 0 Å². The highest BCUT2D eigenvalue weighted by molar-refractivity contribution is 7.99. The lowest BCUT2D eigenvalue weighted by Gasteiger charge is -2.33. The summed E-state index contributed by atoms with van der Waals surface area (Å²) in [7, 11) is 0. The van der Waals surface area contributed by atoms with Crippen molar-refractivity contribution in [1.29, 1.82) is 0 Å². The minimum Gasteiger partial charge on any atom is -0.456 e. The van der Waals surface area contributed by atoms with Gasteiger partial charge in [0.25, 0.3) is 0 Å². The smallest absolute Gasteiger partial charge is 0.135 e. The number of furan rings is 2. The summed E-state index contributed by atoms with van der Waals surface area (Å²) in [5.41, 5.74) is 17.3. The van der Waals surface area contributed by atoms with E-state index in [1.807, 2.05) is 36.0 Å². The summed E-state index contributed by atoms with van der Waals surface area (Å²) in [6.45, 7) is 0. The Hall–Kier alpha value is -9.30. The molecule has 0 fully saturated rings. The van der Waals surface area contributed by atoms with E-state index in [9.17, 15) is 0 Å². The van der Waals surface area contributed by atoms with Crippen LogP contribution in [0.25, 0.3) is 121 Å². The maximum atomic E-state index is 6.31. The van der Waals surface area contributed by atoms with E-state index in [2.05, 4.69) is 220 Å². The number of benzene rings is 10. The van der Waals surface area contributed by atoms with Gasteiger partial charge in [-0.25, -0.2) is 4.98 Å². The van der Waals surface area contributed by atoms with Crippen molar-refractivity contribution in [3.63, 3.8) is 0 Å². The molecule has 1 aliphatic rings. The number of rotatable bonds is 5. The molecule has 0 amide bonds. The Kier molecular flexibility index (Phi) is 8.29. The number of nitrogens with zero attached hydrogens (tertiary/aromatic N) is 4. The van der Waals surface area contributed by atoms with Gasteiger partial charge in [0.2, 0.25) is 0 Å². The molecule has 72 heavy (non-hydrogen) atoms. The molecule has 10 aromatic carbocycles. The minimum atomic E-state index is 0.852. The van der Waals surface area contributed by atoms with E-state index in [1.54, 1.807) is 0 Å². The van der Waals surface area contributed by atoms with Crippen molar-refractivity contribution in [1.82, 2.24) is 14.1 Å². The van der Waals surface area contributed by atoms with Gasteiger partial charge in [-0.1, -0.05) is 121 Å². The van der Waals surface area contributed by atoms with Crippen molar-refractivity contribution in [3.8, 4) is 33.9 Å². The van der Waals surface area contributed by atoms with Crippen molar-refractivity contribution >= 4 is 116 Å². The zero-order valence-electron chi connectivity index (χ0n) is 38.5. The van der Waals surface area contributed by atoms with Gasteiger partial charge in [0, 0.05) is 75.4 Å². The van der Waals surface area contributed by atoms with Crippen LogP contribution in [0.2, 0.25) is 0 Å². The molecular formula is C65H38N4O2S. The Balaban J connectivity index is 0.961. The summed E-state index contributed by atoms with van der Waals surface area (Å²) in [4.78, 5) is 10.4. The van der Waals surface area contributed by atoms with Crippen LogP contribution in [0.4, 0.5) is 17.1 Å². The standard InChI is InChI=1S/C65H38N4O2S/c1-2-14-41(15-3-1)67-55-22-10-13-25-62(55)72-63-33-28-42(38-57(63)67)69-53-20-8-4-16-44(53)47-29-30-56-64(65(47)69)48-19-5-9-21-54(48)68(56)43-36-51(39-26-31-60-49(34-39)45-17-6-11-23-58(45)70-60)66-52(37-43)40-27-32-61-50(35-40)46-18-7-12-24-59(46)71-61/h1-38H. The molecule has 0 saturated heterocycles. The molecule has 336 valence electrons. The molecule has 0 unspecified atom stereocenters. The monoisotopic (exact) mass is 938 g/mol. The number of pyridine rings is 1. The fourth-order valence-corrected chi connectivity index (χ4v) is 12.5. The second-order valence-corrected chi connectivity index (χ2v) is 19.8. The summed E-state index contributed by atoms with van der Waals surface area (Å²) >= 11 is 1.83. The lowest BCUT2D eigenvalue weighted by molar-refractivity contribution is 0.668. The van der Waals surface area contributed by atoms with E-state index in [4.69, 9.17) is 13.8 Å². The average molecular weight is 939 g/mol. The fraction of sp³-hybridized carbons (Fsp3) is 0. The molecule has 7 heteroatoms. The lowest BCUT2D eigenvalue weighted by atomic mass is 10.0. The lowest BCUT2D eigenvalue weighted by Crippen LogP contribution is -2.15. The summed E-state index contributed by atoms with van der Waals surface area (Å²) in [5.74, 6) is 0. The SMILES string of the molecule is c1ccc(N2c3ccccc3Sc3ccc(-n4c5ccccc5c5ccc6c(c7ccccc7n6-c6cc(-c7ccc8oc9ccccc9c8c7)nc(-c7ccc8oc9ccccc9c8c7)c6)c54)cc32)cc1. The molecule has 0 spiro atoms. The van der Waals surface area contributed by atoms with Gasteiger partial charge in [0.1, 0.15) is 22.3 Å². The Morgan fingerprint density at radius 1 is 0.333 bits per heavy atom. The first-order valence-electron chi connectivity index (χ1n) is 24.3. The van der Waals surface area contributed by atoms with E-state index in [1.165, 1.54) is 42.5 Å². The van der Waals surface area contributed by atoms with Crippen molar-refractivity contribution in [3.05, 3.63) is 231 Å². The van der Waals surface area contributed by atoms with Gasteiger partial charge in [-0.2, -0.15) is 0 Å². The number of hydrogen-bond donors (Lipinski definition) is 0. The normalized spacial score (nSPS) is 12.6. The van der Waals surface area contributed by atoms with Crippen LogP contribution in [-0.2, 0) is 0 Å². The van der Waals surface area contributed by atoms with Crippen molar-refractivity contribution in [2.75, 3.05) is 4.90 Å². The molecule has 0 bridgehead atoms. The van der Waals surface area contributed by atoms with Crippen molar-refractivity contribution < 1.29 is 8.83 Å². The van der Waals surface area contributed by atoms with Crippen LogP contribution in [-0.4, -0.2) is 14.1 Å². The Morgan fingerprint density at radius 3 is 1.61 bits per heavy atom. The maximum absolute atomic E-state index is 6.31. The van der Waals surface area contributed by atoms with Gasteiger partial charge >= 0.3 is 0 Å². The van der Waals surface area contributed by atoms with E-state index in [-0.39, 0.29) is 0 Å². The van der Waals surface area contributed by atoms with Gasteiger partial charge in [-0.3, -0.25) is 0 Å². The van der Waals surface area contributed by atoms with Crippen molar-refractivity contribution in [2.45, 2.75) is 9.79 Å². The zero-order chi connectivity index (χ0) is 47.0. The summed E-state index contributed by atoms with van der Waals surface area (Å²) in [6, 6.07) is 82.7. The quantitative estimate of drug-likeness (QED) is 0.172. The van der Waals surface area contributed by atoms with Crippen LogP contribution >= 0.6 is 11.8 Å². The summed E-state index contributed by atoms with van der Waals surface area (Å²) in [5, 5.41) is 9.07. The fourth-order valence-electron chi connectivity index (χ4n) is 11.5. The molecule has 6 heterocycles. The van der Waals surface area contributed by atoms with Gasteiger partial charge in [-0.15, -0.1) is 0 Å². The van der Waals surface area contributed by atoms with Gasteiger partial charge in [-0.05, 0) is 121 Å². The molecule has 0 aliphatic carbocycles. The number of aromatic nitrogens is 3. The van der Waals surface area contributed by atoms with E-state index >= 15 is 0 Å². The average Bonchev–Trinajstić information content (AvgIpc) is 4.20. The third-order valence-electron chi connectivity index (χ3n) is 14.7.